The van der Waals surface area contributed by atoms with E-state index < -0.39 is 27.3 Å². The molecule has 0 fully saturated rings. The maximum atomic E-state index is 12.2. The molecule has 0 amide bonds. The Morgan fingerprint density at radius 3 is 2.60 bits per heavy atom. The third-order valence-corrected chi connectivity index (χ3v) is 4.66. The molecule has 3 N–H and O–H groups in total. The summed E-state index contributed by atoms with van der Waals surface area (Å²) < 4.78 is 25.6. The van der Waals surface area contributed by atoms with E-state index in [-0.39, 0.29) is 4.90 Å². The van der Waals surface area contributed by atoms with Gasteiger partial charge in [0.05, 0.1) is 4.90 Å². The summed E-state index contributed by atoms with van der Waals surface area (Å²) in [6.45, 7) is 0.988. The fourth-order valence-corrected chi connectivity index (χ4v) is 2.86. The third-order valence-electron chi connectivity index (χ3n) is 2.81. The van der Waals surface area contributed by atoms with Crippen molar-refractivity contribution in [2.45, 2.75) is 11.3 Å². The molecular weight excluding hydrogens is 284 g/mol. The average Bonchev–Trinajstić information content (AvgIpc) is 2.38. The Morgan fingerprint density at radius 2 is 2.05 bits per heavy atom. The molecule has 20 heavy (non-hydrogen) atoms. The monoisotopic (exact) mass is 302 g/mol. The average molecular weight is 302 g/mol. The third kappa shape index (κ3) is 3.69. The number of hydrogen-bond acceptors (Lipinski definition) is 5. The molecule has 0 atom stereocenters. The van der Waals surface area contributed by atoms with Gasteiger partial charge in [0.15, 0.2) is 0 Å². The van der Waals surface area contributed by atoms with Crippen LogP contribution in [-0.2, 0) is 10.0 Å². The highest BCUT2D eigenvalue weighted by atomic mass is 32.2. The van der Waals surface area contributed by atoms with Gasteiger partial charge >= 0.3 is 5.97 Å². The van der Waals surface area contributed by atoms with Crippen molar-refractivity contribution in [1.29, 1.82) is 0 Å². The molecule has 7 nitrogen and oxygen atoms in total. The lowest BCUT2D eigenvalue weighted by atomic mass is 10.2. The van der Waals surface area contributed by atoms with Crippen molar-refractivity contribution in [3.63, 3.8) is 0 Å². The van der Waals surface area contributed by atoms with Gasteiger partial charge in [-0.05, 0) is 38.2 Å². The van der Waals surface area contributed by atoms with E-state index >= 15 is 0 Å². The van der Waals surface area contributed by atoms with Gasteiger partial charge in [0, 0.05) is 13.6 Å². The van der Waals surface area contributed by atoms with Crippen LogP contribution in [0.5, 0.6) is 5.75 Å². The van der Waals surface area contributed by atoms with Gasteiger partial charge in [-0.3, -0.25) is 0 Å². The molecule has 0 aliphatic rings. The first-order valence-corrected chi connectivity index (χ1v) is 7.42. The van der Waals surface area contributed by atoms with E-state index in [0.29, 0.717) is 19.5 Å². The largest absolute Gasteiger partial charge is 0.507 e. The summed E-state index contributed by atoms with van der Waals surface area (Å²) in [6.07, 6.45) is 0.635. The van der Waals surface area contributed by atoms with E-state index in [4.69, 9.17) is 5.11 Å². The van der Waals surface area contributed by atoms with E-state index in [2.05, 4.69) is 5.32 Å². The summed E-state index contributed by atoms with van der Waals surface area (Å²) in [5.74, 6) is -1.84. The molecule has 0 saturated heterocycles. The minimum absolute atomic E-state index is 0.153. The molecule has 8 heteroatoms. The van der Waals surface area contributed by atoms with Crippen molar-refractivity contribution in [2.75, 3.05) is 27.2 Å². The van der Waals surface area contributed by atoms with Gasteiger partial charge in [-0.15, -0.1) is 0 Å². The second-order valence-electron chi connectivity index (χ2n) is 4.27. The number of rotatable bonds is 7. The number of sulfonamides is 1. The van der Waals surface area contributed by atoms with Gasteiger partial charge in [-0.25, -0.2) is 17.5 Å². The highest BCUT2D eigenvalue weighted by molar-refractivity contribution is 7.89. The van der Waals surface area contributed by atoms with Crippen molar-refractivity contribution < 1.29 is 23.4 Å². The van der Waals surface area contributed by atoms with Crippen LogP contribution >= 0.6 is 0 Å². The van der Waals surface area contributed by atoms with Crippen LogP contribution in [0.3, 0.4) is 0 Å². The molecule has 0 aromatic heterocycles. The van der Waals surface area contributed by atoms with Gasteiger partial charge in [0.1, 0.15) is 11.3 Å². The van der Waals surface area contributed by atoms with Crippen LogP contribution in [0.25, 0.3) is 0 Å². The van der Waals surface area contributed by atoms with Crippen molar-refractivity contribution in [3.05, 3.63) is 23.8 Å². The molecule has 0 aliphatic heterocycles. The van der Waals surface area contributed by atoms with E-state index in [1.165, 1.54) is 13.1 Å². The number of phenols is 1. The first kappa shape index (κ1) is 16.4. The van der Waals surface area contributed by atoms with Crippen LogP contribution in [0.2, 0.25) is 0 Å². The van der Waals surface area contributed by atoms with E-state index in [1.807, 2.05) is 0 Å². The van der Waals surface area contributed by atoms with Gasteiger partial charge < -0.3 is 15.5 Å². The lowest BCUT2D eigenvalue weighted by Crippen LogP contribution is -2.29. The quantitative estimate of drug-likeness (QED) is 0.626. The fourth-order valence-electron chi connectivity index (χ4n) is 1.63. The Labute approximate surface area is 117 Å². The lowest BCUT2D eigenvalue weighted by molar-refractivity contribution is 0.0693. The molecule has 0 spiro atoms. The summed E-state index contributed by atoms with van der Waals surface area (Å²) >= 11 is 0. The number of carboxylic acid groups (broad SMARTS) is 1. The standard InChI is InChI=1S/C12H18N2O5S/c1-13-6-3-7-14(2)20(18,19)9-4-5-11(15)10(8-9)12(16)17/h4-5,8,13,15H,3,6-7H2,1-2H3,(H,16,17). The number of hydrogen-bond donors (Lipinski definition) is 3. The van der Waals surface area contributed by atoms with Crippen LogP contribution < -0.4 is 5.32 Å². The number of aromatic carboxylic acids is 1. The van der Waals surface area contributed by atoms with Crippen LogP contribution in [0, 0.1) is 0 Å². The highest BCUT2D eigenvalue weighted by Gasteiger charge is 2.22. The summed E-state index contributed by atoms with van der Waals surface area (Å²) in [4.78, 5) is 10.8. The van der Waals surface area contributed by atoms with E-state index in [0.717, 1.165) is 16.4 Å². The Bertz CT molecular complexity index is 586. The molecule has 1 rings (SSSR count). The predicted molar refractivity (Wildman–Crippen MR) is 73.4 cm³/mol. The second kappa shape index (κ2) is 6.69. The molecule has 0 aliphatic carbocycles. The zero-order valence-corrected chi connectivity index (χ0v) is 12.1. The minimum atomic E-state index is -3.76. The molecule has 1 aromatic carbocycles. The van der Waals surface area contributed by atoms with E-state index in [1.54, 1.807) is 7.05 Å². The number of nitrogens with one attached hydrogen (secondary N) is 1. The zero-order chi connectivity index (χ0) is 15.3. The van der Waals surface area contributed by atoms with Crippen LogP contribution in [0.15, 0.2) is 23.1 Å². The molecule has 0 heterocycles. The molecular formula is C12H18N2O5S. The maximum Gasteiger partial charge on any atom is 0.339 e. The predicted octanol–water partition coefficient (Wildman–Crippen LogP) is 0.320. The smallest absolute Gasteiger partial charge is 0.339 e. The number of carboxylic acids is 1. The Balaban J connectivity index is 3.03. The molecule has 0 saturated carbocycles. The van der Waals surface area contributed by atoms with Crippen molar-refractivity contribution in [3.8, 4) is 5.75 Å². The Hall–Kier alpha value is -1.64. The van der Waals surface area contributed by atoms with Gasteiger partial charge in [0.2, 0.25) is 10.0 Å². The number of nitrogens with zero attached hydrogens (tertiary/aromatic N) is 1. The first-order valence-electron chi connectivity index (χ1n) is 5.98. The molecule has 1 aromatic rings. The number of benzene rings is 1. The maximum absolute atomic E-state index is 12.2. The molecule has 0 radical (unpaired) electrons. The second-order valence-corrected chi connectivity index (χ2v) is 6.31. The van der Waals surface area contributed by atoms with Gasteiger partial charge in [-0.1, -0.05) is 0 Å². The summed E-state index contributed by atoms with van der Waals surface area (Å²) in [5.41, 5.74) is -0.435. The fraction of sp³-hybridized carbons (Fsp3) is 0.417. The Morgan fingerprint density at radius 1 is 1.40 bits per heavy atom. The van der Waals surface area contributed by atoms with Crippen LogP contribution in [0.4, 0.5) is 0 Å². The molecule has 112 valence electrons. The minimum Gasteiger partial charge on any atom is -0.507 e. The van der Waals surface area contributed by atoms with Crippen molar-refractivity contribution >= 4 is 16.0 Å². The SMILES string of the molecule is CNCCCN(C)S(=O)(=O)c1ccc(O)c(C(=O)O)c1. The molecule has 0 unspecified atom stereocenters. The highest BCUT2D eigenvalue weighted by Crippen LogP contribution is 2.23. The number of aromatic hydroxyl groups is 1. The van der Waals surface area contributed by atoms with E-state index in [9.17, 15) is 18.3 Å². The summed E-state index contributed by atoms with van der Waals surface area (Å²) in [7, 11) is -0.561. The van der Waals surface area contributed by atoms with Gasteiger partial charge in [-0.2, -0.15) is 0 Å². The van der Waals surface area contributed by atoms with Gasteiger partial charge in [0.25, 0.3) is 0 Å². The summed E-state index contributed by atoms with van der Waals surface area (Å²) in [6, 6.07) is 3.21. The van der Waals surface area contributed by atoms with Crippen molar-refractivity contribution in [2.24, 2.45) is 0 Å². The first-order chi connectivity index (χ1) is 9.30. The molecule has 0 bridgehead atoms. The Kier molecular flexibility index (Phi) is 5.49. The van der Waals surface area contributed by atoms with Crippen molar-refractivity contribution in [1.82, 2.24) is 9.62 Å². The van der Waals surface area contributed by atoms with Crippen LogP contribution in [0.1, 0.15) is 16.8 Å². The zero-order valence-electron chi connectivity index (χ0n) is 11.3. The normalized spacial score (nSPS) is 11.8. The topological polar surface area (TPSA) is 107 Å². The van der Waals surface area contributed by atoms with Crippen LogP contribution in [-0.4, -0.2) is 56.1 Å². The number of carbonyl (C=O) groups is 1. The lowest BCUT2D eigenvalue weighted by Gasteiger charge is -2.17. The summed E-state index contributed by atoms with van der Waals surface area (Å²) in [5, 5.41) is 21.2.